The Morgan fingerprint density at radius 3 is 2.75 bits per heavy atom. The third kappa shape index (κ3) is 3.73. The summed E-state index contributed by atoms with van der Waals surface area (Å²) < 4.78 is 5.42. The number of amides is 1. The van der Waals surface area contributed by atoms with Crippen molar-refractivity contribution in [1.82, 2.24) is 5.32 Å². The number of benzene rings is 1. The van der Waals surface area contributed by atoms with E-state index in [1.54, 1.807) is 6.07 Å². The first-order valence-electron chi connectivity index (χ1n) is 6.73. The molecular weight excluding hydrogens is 258 g/mol. The van der Waals surface area contributed by atoms with Crippen molar-refractivity contribution in [3.8, 4) is 5.75 Å². The van der Waals surface area contributed by atoms with Gasteiger partial charge in [0.25, 0.3) is 5.91 Å². The largest absolute Gasteiger partial charge is 0.483 e. The van der Waals surface area contributed by atoms with E-state index in [-0.39, 0.29) is 24.1 Å². The number of aryl methyl sites for hydroxylation is 1. The van der Waals surface area contributed by atoms with Gasteiger partial charge in [0, 0.05) is 6.04 Å². The minimum absolute atomic E-state index is 0.0963. The number of hydrogen-bond donors (Lipinski definition) is 2. The Morgan fingerprint density at radius 2 is 2.15 bits per heavy atom. The molecule has 20 heavy (non-hydrogen) atoms. The van der Waals surface area contributed by atoms with Crippen LogP contribution in [0.3, 0.4) is 0 Å². The van der Waals surface area contributed by atoms with Crippen LogP contribution in [0.15, 0.2) is 18.2 Å². The minimum Gasteiger partial charge on any atom is -0.483 e. The highest BCUT2D eigenvalue weighted by Gasteiger charge is 2.28. The van der Waals surface area contributed by atoms with Crippen molar-refractivity contribution in [2.75, 3.05) is 6.61 Å². The van der Waals surface area contributed by atoms with E-state index in [9.17, 15) is 9.59 Å². The van der Waals surface area contributed by atoms with Gasteiger partial charge in [0.05, 0.1) is 5.56 Å². The number of hydrogen-bond acceptors (Lipinski definition) is 3. The molecule has 0 saturated heterocycles. The molecule has 0 radical (unpaired) electrons. The van der Waals surface area contributed by atoms with Crippen LogP contribution in [0.5, 0.6) is 5.75 Å². The molecule has 1 saturated carbocycles. The van der Waals surface area contributed by atoms with Gasteiger partial charge in [-0.3, -0.25) is 4.79 Å². The number of aromatic carboxylic acids is 1. The number of carbonyl (C=O) groups excluding carboxylic acids is 1. The Hall–Kier alpha value is -2.04. The smallest absolute Gasteiger partial charge is 0.335 e. The van der Waals surface area contributed by atoms with E-state index in [0.717, 1.165) is 5.56 Å². The zero-order chi connectivity index (χ0) is 14.7. The lowest BCUT2D eigenvalue weighted by Gasteiger charge is -2.14. The van der Waals surface area contributed by atoms with Crippen molar-refractivity contribution in [1.29, 1.82) is 0 Å². The summed E-state index contributed by atoms with van der Waals surface area (Å²) in [5.41, 5.74) is 0.954. The molecule has 1 aromatic carbocycles. The summed E-state index contributed by atoms with van der Waals surface area (Å²) in [6, 6.07) is 4.80. The second-order valence-corrected chi connectivity index (χ2v) is 5.27. The van der Waals surface area contributed by atoms with Crippen molar-refractivity contribution in [3.05, 3.63) is 29.3 Å². The Labute approximate surface area is 117 Å². The zero-order valence-corrected chi connectivity index (χ0v) is 11.7. The second kappa shape index (κ2) is 5.94. The van der Waals surface area contributed by atoms with Crippen molar-refractivity contribution >= 4 is 11.9 Å². The van der Waals surface area contributed by atoms with Crippen LogP contribution in [0.4, 0.5) is 0 Å². The number of carboxylic acids is 1. The van der Waals surface area contributed by atoms with Crippen LogP contribution in [-0.2, 0) is 4.79 Å². The van der Waals surface area contributed by atoms with E-state index < -0.39 is 5.97 Å². The molecule has 2 N–H and O–H groups in total. The summed E-state index contributed by atoms with van der Waals surface area (Å²) in [5.74, 6) is -0.165. The maximum absolute atomic E-state index is 11.7. The number of rotatable bonds is 6. The van der Waals surface area contributed by atoms with Crippen molar-refractivity contribution in [3.63, 3.8) is 0 Å². The summed E-state index contributed by atoms with van der Waals surface area (Å²) in [5, 5.41) is 11.8. The van der Waals surface area contributed by atoms with Gasteiger partial charge in [0.2, 0.25) is 0 Å². The Balaban J connectivity index is 1.90. The normalized spacial score (nSPS) is 15.5. The fraction of sp³-hybridized carbons (Fsp3) is 0.467. The average molecular weight is 277 g/mol. The Morgan fingerprint density at radius 1 is 1.45 bits per heavy atom. The number of carboxylic acid groups (broad SMARTS) is 1. The summed E-state index contributed by atoms with van der Waals surface area (Å²) in [4.78, 5) is 22.6. The average Bonchev–Trinajstić information content (AvgIpc) is 3.21. The van der Waals surface area contributed by atoms with Crippen molar-refractivity contribution < 1.29 is 19.4 Å². The van der Waals surface area contributed by atoms with Crippen molar-refractivity contribution in [2.24, 2.45) is 5.92 Å². The molecule has 1 aromatic rings. The standard InChI is InChI=1S/C15H19NO4/c1-9-3-4-12(15(18)19)7-13(9)20-8-14(17)16-10(2)11-5-6-11/h3-4,7,10-11H,5-6,8H2,1-2H3,(H,16,17)(H,18,19). The van der Waals surface area contributed by atoms with Gasteiger partial charge < -0.3 is 15.2 Å². The van der Waals surface area contributed by atoms with Gasteiger partial charge in [0.1, 0.15) is 5.75 Å². The molecule has 1 aliphatic rings. The molecule has 0 aromatic heterocycles. The van der Waals surface area contributed by atoms with E-state index in [2.05, 4.69) is 5.32 Å². The third-order valence-electron chi connectivity index (χ3n) is 3.51. The molecule has 5 heteroatoms. The zero-order valence-electron chi connectivity index (χ0n) is 11.7. The van der Waals surface area contributed by atoms with E-state index in [1.807, 2.05) is 13.8 Å². The van der Waals surface area contributed by atoms with E-state index in [4.69, 9.17) is 9.84 Å². The minimum atomic E-state index is -1.01. The van der Waals surface area contributed by atoms with Gasteiger partial charge >= 0.3 is 5.97 Å². The lowest BCUT2D eigenvalue weighted by atomic mass is 10.1. The van der Waals surface area contributed by atoms with Gasteiger partial charge in [-0.2, -0.15) is 0 Å². The molecule has 2 rings (SSSR count). The molecule has 0 heterocycles. The molecule has 0 spiro atoms. The van der Waals surface area contributed by atoms with Gasteiger partial charge in [-0.15, -0.1) is 0 Å². The van der Waals surface area contributed by atoms with Crippen LogP contribution in [0.2, 0.25) is 0 Å². The van der Waals surface area contributed by atoms with E-state index in [1.165, 1.54) is 25.0 Å². The van der Waals surface area contributed by atoms with Crippen LogP contribution in [0.25, 0.3) is 0 Å². The van der Waals surface area contributed by atoms with Crippen LogP contribution in [0, 0.1) is 12.8 Å². The highest BCUT2D eigenvalue weighted by molar-refractivity contribution is 5.88. The summed E-state index contributed by atoms with van der Waals surface area (Å²) in [7, 11) is 0. The molecule has 0 bridgehead atoms. The van der Waals surface area contributed by atoms with Crippen LogP contribution in [0.1, 0.15) is 35.7 Å². The summed E-state index contributed by atoms with van der Waals surface area (Å²) >= 11 is 0. The fourth-order valence-electron chi connectivity index (χ4n) is 2.04. The number of ether oxygens (including phenoxy) is 1. The predicted molar refractivity (Wildman–Crippen MR) is 74.0 cm³/mol. The molecule has 108 valence electrons. The SMILES string of the molecule is Cc1ccc(C(=O)O)cc1OCC(=O)NC(C)C1CC1. The highest BCUT2D eigenvalue weighted by atomic mass is 16.5. The number of carbonyl (C=O) groups is 2. The third-order valence-corrected chi connectivity index (χ3v) is 3.51. The first-order chi connectivity index (χ1) is 9.47. The van der Waals surface area contributed by atoms with Gasteiger partial charge in [-0.05, 0) is 50.3 Å². The lowest BCUT2D eigenvalue weighted by Crippen LogP contribution is -2.37. The summed E-state index contributed by atoms with van der Waals surface area (Å²) in [6.45, 7) is 3.71. The molecule has 1 fully saturated rings. The molecule has 1 unspecified atom stereocenters. The van der Waals surface area contributed by atoms with Crippen LogP contribution < -0.4 is 10.1 Å². The number of nitrogens with one attached hydrogen (secondary N) is 1. The maximum atomic E-state index is 11.7. The summed E-state index contributed by atoms with van der Waals surface area (Å²) in [6.07, 6.45) is 2.34. The predicted octanol–water partition coefficient (Wildman–Crippen LogP) is 1.99. The maximum Gasteiger partial charge on any atom is 0.335 e. The van der Waals surface area contributed by atoms with Crippen LogP contribution in [-0.4, -0.2) is 29.6 Å². The second-order valence-electron chi connectivity index (χ2n) is 5.27. The van der Waals surface area contributed by atoms with E-state index >= 15 is 0 Å². The molecule has 1 amide bonds. The van der Waals surface area contributed by atoms with E-state index in [0.29, 0.717) is 11.7 Å². The quantitative estimate of drug-likeness (QED) is 0.833. The van der Waals surface area contributed by atoms with Crippen molar-refractivity contribution in [2.45, 2.75) is 32.7 Å². The molecule has 1 atom stereocenters. The topological polar surface area (TPSA) is 75.6 Å². The molecule has 5 nitrogen and oxygen atoms in total. The van der Waals surface area contributed by atoms with Crippen LogP contribution >= 0.6 is 0 Å². The lowest BCUT2D eigenvalue weighted by molar-refractivity contribution is -0.123. The first-order valence-corrected chi connectivity index (χ1v) is 6.73. The van der Waals surface area contributed by atoms with Gasteiger partial charge in [-0.1, -0.05) is 6.07 Å². The van der Waals surface area contributed by atoms with Gasteiger partial charge in [-0.25, -0.2) is 4.79 Å². The monoisotopic (exact) mass is 277 g/mol. The molecule has 0 aliphatic heterocycles. The van der Waals surface area contributed by atoms with Gasteiger partial charge in [0.15, 0.2) is 6.61 Å². The Kier molecular flexibility index (Phi) is 4.27. The highest BCUT2D eigenvalue weighted by Crippen LogP contribution is 2.32. The first kappa shape index (κ1) is 14.4. The Bertz CT molecular complexity index is 523. The fourth-order valence-corrected chi connectivity index (χ4v) is 2.04. The molecule has 1 aliphatic carbocycles. The molecular formula is C15H19NO4.